The van der Waals surface area contributed by atoms with Gasteiger partial charge in [0.1, 0.15) is 24.3 Å². The van der Waals surface area contributed by atoms with Crippen LogP contribution in [0.15, 0.2) is 54.6 Å². The van der Waals surface area contributed by atoms with E-state index in [4.69, 9.17) is 9.47 Å². The summed E-state index contributed by atoms with van der Waals surface area (Å²) < 4.78 is 10.8. The summed E-state index contributed by atoms with van der Waals surface area (Å²) in [5.74, 6) is -0.826. The molecule has 2 aliphatic heterocycles. The van der Waals surface area contributed by atoms with Gasteiger partial charge in [-0.05, 0) is 51.3 Å². The zero-order valence-corrected chi connectivity index (χ0v) is 21.2. The number of nitrogens with one attached hydrogen (secondary N) is 2. The predicted molar refractivity (Wildman–Crippen MR) is 137 cm³/mol. The first-order valence-corrected chi connectivity index (χ1v) is 12.3. The maximum atomic E-state index is 13.9. The maximum Gasteiger partial charge on any atom is 0.410 e. The van der Waals surface area contributed by atoms with E-state index in [1.54, 1.807) is 45.0 Å². The highest BCUT2D eigenvalue weighted by molar-refractivity contribution is 6.08. The lowest BCUT2D eigenvalue weighted by molar-refractivity contribution is -0.122. The second-order valence-corrected chi connectivity index (χ2v) is 10.0. The smallest absolute Gasteiger partial charge is 0.410 e. The van der Waals surface area contributed by atoms with Crippen molar-refractivity contribution in [3.8, 4) is 0 Å². The van der Waals surface area contributed by atoms with Crippen molar-refractivity contribution in [2.75, 3.05) is 23.3 Å². The SMILES string of the molecule is CC(C)(C)OC(=O)NC1CN(C(=O)C2CCCN2C(=O)OCc2ccccc2)c2ccccc2NC1=O. The van der Waals surface area contributed by atoms with E-state index >= 15 is 0 Å². The molecular formula is C27H32N4O6. The molecule has 1 saturated heterocycles. The number of nitrogens with zero attached hydrogens (tertiary/aromatic N) is 2. The van der Waals surface area contributed by atoms with Crippen LogP contribution in [0.5, 0.6) is 0 Å². The number of benzene rings is 2. The van der Waals surface area contributed by atoms with Gasteiger partial charge in [0.25, 0.3) is 0 Å². The predicted octanol–water partition coefficient (Wildman–Crippen LogP) is 3.67. The van der Waals surface area contributed by atoms with Gasteiger partial charge in [0, 0.05) is 6.54 Å². The molecule has 2 atom stereocenters. The molecule has 2 unspecified atom stereocenters. The molecule has 2 aromatic rings. The molecule has 10 heteroatoms. The van der Waals surface area contributed by atoms with Crippen LogP contribution in [-0.2, 0) is 25.7 Å². The Morgan fingerprint density at radius 3 is 2.49 bits per heavy atom. The van der Waals surface area contributed by atoms with Crippen LogP contribution < -0.4 is 15.5 Å². The number of likely N-dealkylation sites (tertiary alicyclic amines) is 1. The van der Waals surface area contributed by atoms with Crippen molar-refractivity contribution in [1.82, 2.24) is 10.2 Å². The van der Waals surface area contributed by atoms with Crippen LogP contribution in [0, 0.1) is 0 Å². The normalized spacial score (nSPS) is 19.4. The van der Waals surface area contributed by atoms with Crippen molar-refractivity contribution in [2.45, 2.75) is 57.9 Å². The molecule has 0 aromatic heterocycles. The Kier molecular flexibility index (Phi) is 7.66. The van der Waals surface area contributed by atoms with Gasteiger partial charge in [0.15, 0.2) is 0 Å². The second-order valence-electron chi connectivity index (χ2n) is 10.0. The number of hydrogen-bond donors (Lipinski definition) is 2. The van der Waals surface area contributed by atoms with Crippen molar-refractivity contribution < 1.29 is 28.7 Å². The molecule has 2 aliphatic rings. The zero-order valence-electron chi connectivity index (χ0n) is 21.2. The van der Waals surface area contributed by atoms with E-state index in [9.17, 15) is 19.2 Å². The van der Waals surface area contributed by atoms with E-state index in [1.165, 1.54) is 9.80 Å². The fourth-order valence-electron chi connectivity index (χ4n) is 4.39. The Balaban J connectivity index is 1.53. The highest BCUT2D eigenvalue weighted by Gasteiger charge is 2.41. The highest BCUT2D eigenvalue weighted by atomic mass is 16.6. The molecule has 0 spiro atoms. The number of alkyl carbamates (subject to hydrolysis) is 1. The average molecular weight is 509 g/mol. The molecule has 4 rings (SSSR count). The topological polar surface area (TPSA) is 117 Å². The first-order valence-electron chi connectivity index (χ1n) is 12.3. The molecular weight excluding hydrogens is 476 g/mol. The van der Waals surface area contributed by atoms with Crippen molar-refractivity contribution in [2.24, 2.45) is 0 Å². The standard InChI is InChI=1S/C27H32N4O6/c1-27(2,3)37-25(34)29-20-16-31(21-13-8-7-12-19(21)28-23(20)32)24(33)22-14-9-15-30(22)26(35)36-17-18-10-5-4-6-11-18/h4-8,10-13,20,22H,9,14-17H2,1-3H3,(H,28,32)(H,29,34). The summed E-state index contributed by atoms with van der Waals surface area (Å²) in [7, 11) is 0. The Bertz CT molecular complexity index is 1160. The van der Waals surface area contributed by atoms with Gasteiger partial charge in [-0.25, -0.2) is 9.59 Å². The van der Waals surface area contributed by atoms with E-state index in [2.05, 4.69) is 10.6 Å². The third-order valence-corrected chi connectivity index (χ3v) is 6.07. The lowest BCUT2D eigenvalue weighted by atomic mass is 10.1. The van der Waals surface area contributed by atoms with Crippen molar-refractivity contribution in [3.63, 3.8) is 0 Å². The number of hydrogen-bond acceptors (Lipinski definition) is 6. The molecule has 0 aliphatic carbocycles. The molecule has 2 heterocycles. The van der Waals surface area contributed by atoms with Gasteiger partial charge >= 0.3 is 12.2 Å². The minimum Gasteiger partial charge on any atom is -0.445 e. The summed E-state index contributed by atoms with van der Waals surface area (Å²) in [6.07, 6.45) is -0.231. The van der Waals surface area contributed by atoms with E-state index < -0.39 is 35.8 Å². The minimum absolute atomic E-state index is 0.101. The third-order valence-electron chi connectivity index (χ3n) is 6.07. The first kappa shape index (κ1) is 26.0. The molecule has 0 saturated carbocycles. The largest absolute Gasteiger partial charge is 0.445 e. The van der Waals surface area contributed by atoms with E-state index in [1.807, 2.05) is 30.3 Å². The number of carbonyl (C=O) groups excluding carboxylic acids is 4. The fraction of sp³-hybridized carbons (Fsp3) is 0.407. The summed E-state index contributed by atoms with van der Waals surface area (Å²) >= 11 is 0. The Morgan fingerprint density at radius 1 is 1.05 bits per heavy atom. The third kappa shape index (κ3) is 6.38. The number of rotatable bonds is 4. The van der Waals surface area contributed by atoms with Gasteiger partial charge in [-0.1, -0.05) is 42.5 Å². The Morgan fingerprint density at radius 2 is 1.76 bits per heavy atom. The number of amides is 4. The number of carbonyl (C=O) groups is 4. The molecule has 37 heavy (non-hydrogen) atoms. The van der Waals surface area contributed by atoms with Crippen molar-refractivity contribution >= 4 is 35.4 Å². The maximum absolute atomic E-state index is 13.9. The monoisotopic (exact) mass is 508 g/mol. The minimum atomic E-state index is -1.06. The van der Waals surface area contributed by atoms with Crippen molar-refractivity contribution in [1.29, 1.82) is 0 Å². The van der Waals surface area contributed by atoms with Crippen LogP contribution >= 0.6 is 0 Å². The molecule has 2 aromatic carbocycles. The van der Waals surface area contributed by atoms with Gasteiger partial charge in [-0.2, -0.15) is 0 Å². The van der Waals surface area contributed by atoms with E-state index in [-0.39, 0.29) is 19.1 Å². The molecule has 196 valence electrons. The van der Waals surface area contributed by atoms with Crippen molar-refractivity contribution in [3.05, 3.63) is 60.2 Å². The lowest BCUT2D eigenvalue weighted by Crippen LogP contribution is -2.54. The van der Waals surface area contributed by atoms with Crippen LogP contribution in [0.2, 0.25) is 0 Å². The van der Waals surface area contributed by atoms with Crippen LogP contribution in [0.25, 0.3) is 0 Å². The summed E-state index contributed by atoms with van der Waals surface area (Å²) in [5.41, 5.74) is 1.01. The number of anilines is 2. The van der Waals surface area contributed by atoms with Crippen LogP contribution in [0.1, 0.15) is 39.2 Å². The average Bonchev–Trinajstić information content (AvgIpc) is 3.30. The molecule has 10 nitrogen and oxygen atoms in total. The number of para-hydroxylation sites is 2. The number of ether oxygens (including phenoxy) is 2. The molecule has 4 amide bonds. The molecule has 0 radical (unpaired) electrons. The van der Waals surface area contributed by atoms with Gasteiger partial charge in [0.05, 0.1) is 17.9 Å². The van der Waals surface area contributed by atoms with E-state index in [0.29, 0.717) is 30.8 Å². The van der Waals surface area contributed by atoms with Crippen LogP contribution in [0.4, 0.5) is 21.0 Å². The number of fused-ring (bicyclic) bond motifs is 1. The summed E-state index contributed by atoms with van der Waals surface area (Å²) in [6, 6.07) is 14.4. The first-order chi connectivity index (χ1) is 17.6. The quantitative estimate of drug-likeness (QED) is 0.651. The summed E-state index contributed by atoms with van der Waals surface area (Å²) in [5, 5.41) is 5.36. The molecule has 2 N–H and O–H groups in total. The molecule has 1 fully saturated rings. The zero-order chi connectivity index (χ0) is 26.6. The van der Waals surface area contributed by atoms with Gasteiger partial charge in [-0.15, -0.1) is 0 Å². The van der Waals surface area contributed by atoms with E-state index in [0.717, 1.165) is 5.56 Å². The lowest BCUT2D eigenvalue weighted by Gasteiger charge is -2.31. The second kappa shape index (κ2) is 10.9. The Labute approximate surface area is 215 Å². The van der Waals surface area contributed by atoms with Crippen LogP contribution in [-0.4, -0.2) is 59.7 Å². The van der Waals surface area contributed by atoms with Gasteiger partial charge < -0.3 is 25.0 Å². The van der Waals surface area contributed by atoms with Gasteiger partial charge in [0.2, 0.25) is 11.8 Å². The Hall–Kier alpha value is -4.08. The molecule has 0 bridgehead atoms. The summed E-state index contributed by atoms with van der Waals surface area (Å²) in [4.78, 5) is 55.1. The fourth-order valence-corrected chi connectivity index (χ4v) is 4.39. The summed E-state index contributed by atoms with van der Waals surface area (Å²) in [6.45, 7) is 5.52. The van der Waals surface area contributed by atoms with Crippen LogP contribution in [0.3, 0.4) is 0 Å². The van der Waals surface area contributed by atoms with Gasteiger partial charge in [-0.3, -0.25) is 14.5 Å². The highest BCUT2D eigenvalue weighted by Crippen LogP contribution is 2.31.